The van der Waals surface area contributed by atoms with Crippen LogP contribution in [0.15, 0.2) is 12.2 Å². The van der Waals surface area contributed by atoms with Gasteiger partial charge in [0.2, 0.25) is 0 Å². The van der Waals surface area contributed by atoms with E-state index in [9.17, 15) is 4.79 Å². The Labute approximate surface area is 258 Å². The molecule has 8 aliphatic rings. The molecule has 5 saturated carbocycles. The molecule has 10 atom stereocenters. The van der Waals surface area contributed by atoms with E-state index in [2.05, 4.69) is 59.9 Å². The standard InChI is InChI=1S/C38H63N2O2/c1-26(2)27-11-14-35(5)17-18-37(7)28(33(27)35)9-10-30-36(6)15-13-31(34(3,4)29(36)12-16-38(30,37)8)42-32(41)25-40-22-19-39(20-23-40)21-24-40/h27-31,33H,1,9-25H2,2-8H3/q+1/t27-,28+,29-,30?,31?,33+,35+,36-,37+,38+/m0/s1. The van der Waals surface area contributed by atoms with Crippen molar-refractivity contribution in [1.29, 1.82) is 0 Å². The van der Waals surface area contributed by atoms with Gasteiger partial charge in [-0.05, 0) is 122 Å². The Hall–Kier alpha value is -0.870. The van der Waals surface area contributed by atoms with Crippen molar-refractivity contribution < 1.29 is 14.0 Å². The second kappa shape index (κ2) is 9.57. The Balaban J connectivity index is 1.11. The zero-order valence-corrected chi connectivity index (χ0v) is 28.4. The van der Waals surface area contributed by atoms with Crippen LogP contribution in [0.1, 0.15) is 113 Å². The van der Waals surface area contributed by atoms with E-state index >= 15 is 0 Å². The average molecular weight is 580 g/mol. The van der Waals surface area contributed by atoms with Gasteiger partial charge in [0.05, 0.1) is 19.6 Å². The van der Waals surface area contributed by atoms with Gasteiger partial charge in [0.1, 0.15) is 6.10 Å². The summed E-state index contributed by atoms with van der Waals surface area (Å²) in [6.45, 7) is 30.0. The lowest BCUT2D eigenvalue weighted by Gasteiger charge is -2.73. The summed E-state index contributed by atoms with van der Waals surface area (Å²) in [6, 6.07) is 0. The van der Waals surface area contributed by atoms with Crippen LogP contribution in [0.5, 0.6) is 0 Å². The zero-order chi connectivity index (χ0) is 29.9. The summed E-state index contributed by atoms with van der Waals surface area (Å²) >= 11 is 0. The number of ether oxygens (including phenoxy) is 1. The highest BCUT2D eigenvalue weighted by Crippen LogP contribution is 2.77. The number of carbonyl (C=O) groups excluding carboxylic acids is 1. The van der Waals surface area contributed by atoms with E-state index in [1.54, 1.807) is 0 Å². The van der Waals surface area contributed by atoms with Gasteiger partial charge in [-0.1, -0.05) is 53.7 Å². The Morgan fingerprint density at radius 3 is 2.17 bits per heavy atom. The molecule has 3 heterocycles. The second-order valence-electron chi connectivity index (χ2n) is 18.7. The summed E-state index contributed by atoms with van der Waals surface area (Å²) < 4.78 is 7.50. The van der Waals surface area contributed by atoms with Crippen molar-refractivity contribution in [2.45, 2.75) is 119 Å². The molecular formula is C38H63N2O2+. The van der Waals surface area contributed by atoms with Gasteiger partial charge in [-0.25, -0.2) is 4.79 Å². The number of rotatable bonds is 4. The molecule has 3 aliphatic heterocycles. The van der Waals surface area contributed by atoms with Crippen molar-refractivity contribution in [3.8, 4) is 0 Å². The van der Waals surface area contributed by atoms with Gasteiger partial charge in [0.15, 0.2) is 6.54 Å². The molecule has 2 bridgehead atoms. The predicted octanol–water partition coefficient (Wildman–Crippen LogP) is 7.72. The number of hydrogen-bond donors (Lipinski definition) is 0. The molecule has 0 aromatic carbocycles. The summed E-state index contributed by atoms with van der Waals surface area (Å²) in [7, 11) is 0. The normalized spacial score (nSPS) is 54.2. The molecule has 8 rings (SSSR count). The highest BCUT2D eigenvalue weighted by molar-refractivity contribution is 5.71. The number of carbonyl (C=O) groups is 1. The molecule has 8 fully saturated rings. The number of piperazine rings is 3. The van der Waals surface area contributed by atoms with Gasteiger partial charge < -0.3 is 9.22 Å². The van der Waals surface area contributed by atoms with Gasteiger partial charge in [-0.15, -0.1) is 0 Å². The summed E-state index contributed by atoms with van der Waals surface area (Å²) in [5.41, 5.74) is 3.17. The molecule has 0 aromatic rings. The van der Waals surface area contributed by atoms with E-state index in [1.165, 1.54) is 63.4 Å². The highest BCUT2D eigenvalue weighted by Gasteiger charge is 2.70. The lowest BCUT2D eigenvalue weighted by molar-refractivity contribution is -0.934. The van der Waals surface area contributed by atoms with Crippen molar-refractivity contribution in [2.24, 2.45) is 56.7 Å². The van der Waals surface area contributed by atoms with Crippen molar-refractivity contribution in [1.82, 2.24) is 4.90 Å². The van der Waals surface area contributed by atoms with E-state index < -0.39 is 0 Å². The largest absolute Gasteiger partial charge is 0.458 e. The minimum atomic E-state index is 0.0317. The molecular weight excluding hydrogens is 516 g/mol. The van der Waals surface area contributed by atoms with Crippen LogP contribution < -0.4 is 0 Å². The Kier molecular flexibility index (Phi) is 6.79. The van der Waals surface area contributed by atoms with E-state index in [0.29, 0.717) is 34.1 Å². The summed E-state index contributed by atoms with van der Waals surface area (Å²) in [6.07, 6.45) is 13.4. The Bertz CT molecular complexity index is 1110. The van der Waals surface area contributed by atoms with Crippen LogP contribution in [-0.2, 0) is 9.53 Å². The number of nitrogens with zero attached hydrogens (tertiary/aromatic N) is 2. The first-order chi connectivity index (χ1) is 19.7. The van der Waals surface area contributed by atoms with Gasteiger partial charge in [-0.2, -0.15) is 0 Å². The molecule has 42 heavy (non-hydrogen) atoms. The van der Waals surface area contributed by atoms with Crippen molar-refractivity contribution in [3.63, 3.8) is 0 Å². The lowest BCUT2D eigenvalue weighted by atomic mass is 9.32. The number of esters is 1. The predicted molar refractivity (Wildman–Crippen MR) is 171 cm³/mol. The molecule has 4 nitrogen and oxygen atoms in total. The maximum Gasteiger partial charge on any atom is 0.362 e. The van der Waals surface area contributed by atoms with E-state index in [1.807, 2.05) is 0 Å². The molecule has 0 N–H and O–H groups in total. The quantitative estimate of drug-likeness (QED) is 0.194. The molecule has 3 saturated heterocycles. The van der Waals surface area contributed by atoms with E-state index in [4.69, 9.17) is 4.74 Å². The molecule has 0 spiro atoms. The van der Waals surface area contributed by atoms with Gasteiger partial charge >= 0.3 is 5.97 Å². The first kappa shape index (κ1) is 29.8. The van der Waals surface area contributed by atoms with Crippen LogP contribution in [0.3, 0.4) is 0 Å². The fourth-order valence-electron chi connectivity index (χ4n) is 14.1. The van der Waals surface area contributed by atoms with Crippen LogP contribution in [0.2, 0.25) is 0 Å². The molecule has 0 amide bonds. The highest BCUT2D eigenvalue weighted by atomic mass is 16.5. The zero-order valence-electron chi connectivity index (χ0n) is 28.4. The Morgan fingerprint density at radius 2 is 1.50 bits per heavy atom. The third kappa shape index (κ3) is 4.01. The van der Waals surface area contributed by atoms with Gasteiger partial charge in [0, 0.05) is 25.0 Å². The summed E-state index contributed by atoms with van der Waals surface area (Å²) in [4.78, 5) is 16.1. The molecule has 0 radical (unpaired) electrons. The number of quaternary nitrogens is 1. The second-order valence-corrected chi connectivity index (χ2v) is 18.7. The van der Waals surface area contributed by atoms with Crippen molar-refractivity contribution >= 4 is 5.97 Å². The SMILES string of the molecule is C=C(C)[C@@H]1CC[C@]2(C)CC[C@]3(C)[C@H](CCC4[C@@]5(C)CCC(OC(=O)C[N+]67CCN(CC6)CC7)C(C)(C)[C@@H]5CC[C@]43C)[C@@H]12. The minimum absolute atomic E-state index is 0.0317. The first-order valence-electron chi connectivity index (χ1n) is 18.1. The molecule has 2 unspecified atom stereocenters. The van der Waals surface area contributed by atoms with Crippen LogP contribution in [-0.4, -0.2) is 67.3 Å². The van der Waals surface area contributed by atoms with E-state index in [-0.39, 0.29) is 17.5 Å². The van der Waals surface area contributed by atoms with Crippen molar-refractivity contribution in [2.75, 3.05) is 45.8 Å². The Morgan fingerprint density at radius 1 is 0.810 bits per heavy atom. The number of allylic oxidation sites excluding steroid dienone is 1. The van der Waals surface area contributed by atoms with Crippen LogP contribution in [0.4, 0.5) is 0 Å². The van der Waals surface area contributed by atoms with Gasteiger partial charge in [-0.3, -0.25) is 4.90 Å². The van der Waals surface area contributed by atoms with Crippen LogP contribution in [0.25, 0.3) is 0 Å². The third-order valence-electron chi connectivity index (χ3n) is 16.8. The third-order valence-corrected chi connectivity index (χ3v) is 16.8. The number of fused-ring (bicyclic) bond motifs is 10. The molecule has 4 heteroatoms. The maximum absolute atomic E-state index is 13.5. The van der Waals surface area contributed by atoms with Gasteiger partial charge in [0.25, 0.3) is 0 Å². The molecule has 5 aliphatic carbocycles. The maximum atomic E-state index is 13.5. The average Bonchev–Trinajstić information content (AvgIpc) is 3.29. The fourth-order valence-corrected chi connectivity index (χ4v) is 14.1. The molecule has 236 valence electrons. The summed E-state index contributed by atoms with van der Waals surface area (Å²) in [5, 5.41) is 0. The van der Waals surface area contributed by atoms with Crippen LogP contribution in [0, 0.1) is 56.7 Å². The monoisotopic (exact) mass is 579 g/mol. The minimum Gasteiger partial charge on any atom is -0.458 e. The molecule has 0 aromatic heterocycles. The lowest BCUT2D eigenvalue weighted by Crippen LogP contribution is -2.69. The smallest absolute Gasteiger partial charge is 0.362 e. The van der Waals surface area contributed by atoms with Crippen LogP contribution >= 0.6 is 0 Å². The fraction of sp³-hybridized carbons (Fsp3) is 0.921. The number of hydrogen-bond acceptors (Lipinski definition) is 3. The van der Waals surface area contributed by atoms with Crippen molar-refractivity contribution in [3.05, 3.63) is 12.2 Å². The summed E-state index contributed by atoms with van der Waals surface area (Å²) in [5.74, 6) is 3.89. The van der Waals surface area contributed by atoms with E-state index in [0.717, 1.165) is 73.8 Å². The first-order valence-corrected chi connectivity index (χ1v) is 18.1. The topological polar surface area (TPSA) is 29.5 Å².